The molecule has 0 unspecified atom stereocenters. The summed E-state index contributed by atoms with van der Waals surface area (Å²) in [4.78, 5) is 24.6. The minimum absolute atomic E-state index is 0.0172. The fraction of sp³-hybridized carbons (Fsp3) is 0.222. The predicted octanol–water partition coefficient (Wildman–Crippen LogP) is 5.15. The van der Waals surface area contributed by atoms with Crippen molar-refractivity contribution >= 4 is 40.9 Å². The summed E-state index contributed by atoms with van der Waals surface area (Å²) in [6, 6.07) is 10.9. The van der Waals surface area contributed by atoms with Gasteiger partial charge in [0.25, 0.3) is 11.7 Å². The summed E-state index contributed by atoms with van der Waals surface area (Å²) in [5, 5.41) is 3.08. The van der Waals surface area contributed by atoms with E-state index in [9.17, 15) is 18.4 Å². The van der Waals surface area contributed by atoms with Crippen molar-refractivity contribution in [3.63, 3.8) is 0 Å². The Morgan fingerprint density at radius 2 is 1.88 bits per heavy atom. The third kappa shape index (κ3) is 5.44. The van der Waals surface area contributed by atoms with E-state index < -0.39 is 23.7 Å². The van der Waals surface area contributed by atoms with Gasteiger partial charge in [-0.2, -0.15) is 8.78 Å². The van der Waals surface area contributed by atoms with Gasteiger partial charge < -0.3 is 10.1 Å². The van der Waals surface area contributed by atoms with Crippen molar-refractivity contribution in [1.82, 2.24) is 0 Å². The topological polar surface area (TPSA) is 55.4 Å². The van der Waals surface area contributed by atoms with Crippen molar-refractivity contribution in [3.8, 4) is 0 Å². The highest BCUT2D eigenvalue weighted by Crippen LogP contribution is 2.29. The van der Waals surface area contributed by atoms with Gasteiger partial charge in [0.1, 0.15) is 0 Å². The maximum atomic E-state index is 12.6. The van der Waals surface area contributed by atoms with Gasteiger partial charge in [0.05, 0.1) is 5.56 Å². The maximum absolute atomic E-state index is 12.6. The van der Waals surface area contributed by atoms with Crippen LogP contribution in [0.15, 0.2) is 47.4 Å². The number of benzene rings is 2. The number of thioether (sulfide) groups is 1. The molecule has 1 atom stereocenters. The van der Waals surface area contributed by atoms with Gasteiger partial charge >= 0.3 is 5.97 Å². The molecule has 8 heteroatoms. The normalized spacial score (nSPS) is 11.9. The lowest BCUT2D eigenvalue weighted by molar-refractivity contribution is -0.123. The molecular weight excluding hydrogens is 384 g/mol. The number of rotatable bonds is 6. The van der Waals surface area contributed by atoms with Crippen molar-refractivity contribution in [1.29, 1.82) is 0 Å². The van der Waals surface area contributed by atoms with E-state index in [1.54, 1.807) is 31.2 Å². The Morgan fingerprint density at radius 3 is 2.58 bits per heavy atom. The van der Waals surface area contributed by atoms with Crippen LogP contribution in [0.4, 0.5) is 14.5 Å². The molecule has 0 aliphatic rings. The average Bonchev–Trinajstić information content (AvgIpc) is 2.57. The molecule has 0 saturated carbocycles. The zero-order valence-corrected chi connectivity index (χ0v) is 15.5. The molecule has 0 saturated heterocycles. The molecule has 138 valence electrons. The van der Waals surface area contributed by atoms with Crippen molar-refractivity contribution in [2.45, 2.75) is 30.6 Å². The lowest BCUT2D eigenvalue weighted by Crippen LogP contribution is -2.30. The number of alkyl halides is 2. The number of carbonyl (C=O) groups is 2. The van der Waals surface area contributed by atoms with Crippen LogP contribution < -0.4 is 5.32 Å². The van der Waals surface area contributed by atoms with Crippen LogP contribution in [0.25, 0.3) is 0 Å². The number of aryl methyl sites for hydroxylation is 1. The van der Waals surface area contributed by atoms with Gasteiger partial charge in [-0.3, -0.25) is 4.79 Å². The highest BCUT2D eigenvalue weighted by atomic mass is 35.5. The van der Waals surface area contributed by atoms with Gasteiger partial charge in [0.15, 0.2) is 6.10 Å². The number of hydrogen-bond donors (Lipinski definition) is 1. The molecule has 0 bridgehead atoms. The fourth-order valence-electron chi connectivity index (χ4n) is 2.07. The smallest absolute Gasteiger partial charge is 0.340 e. The number of amides is 1. The van der Waals surface area contributed by atoms with Gasteiger partial charge in [0, 0.05) is 15.6 Å². The average molecular weight is 400 g/mol. The summed E-state index contributed by atoms with van der Waals surface area (Å²) < 4.78 is 30.3. The molecule has 4 nitrogen and oxygen atoms in total. The van der Waals surface area contributed by atoms with Crippen molar-refractivity contribution < 1.29 is 23.1 Å². The standard InChI is InChI=1S/C18H16ClF2NO3S/c1-10-7-8-12(19)9-14(10)22-16(23)11(2)25-17(24)13-5-3-4-6-15(13)26-18(20)21/h3-9,11,18H,1-2H3,(H,22,23)/t11-/m1/s1. The van der Waals surface area contributed by atoms with E-state index in [0.717, 1.165) is 5.56 Å². The molecule has 1 N–H and O–H groups in total. The predicted molar refractivity (Wildman–Crippen MR) is 98.0 cm³/mol. The van der Waals surface area contributed by atoms with Gasteiger partial charge in [-0.25, -0.2) is 4.79 Å². The number of esters is 1. The van der Waals surface area contributed by atoms with E-state index in [0.29, 0.717) is 10.7 Å². The molecule has 0 spiro atoms. The number of ether oxygens (including phenoxy) is 1. The Hall–Kier alpha value is -2.12. The van der Waals surface area contributed by atoms with E-state index in [1.807, 2.05) is 0 Å². The Bertz CT molecular complexity index is 817. The lowest BCUT2D eigenvalue weighted by atomic mass is 10.2. The molecule has 2 aromatic carbocycles. The summed E-state index contributed by atoms with van der Waals surface area (Å²) >= 11 is 6.15. The summed E-state index contributed by atoms with van der Waals surface area (Å²) in [5.74, 6) is -4.07. The SMILES string of the molecule is Cc1ccc(Cl)cc1NC(=O)[C@@H](C)OC(=O)c1ccccc1SC(F)F. The minimum Gasteiger partial charge on any atom is -0.449 e. The largest absolute Gasteiger partial charge is 0.449 e. The number of halogens is 3. The van der Waals surface area contributed by atoms with Crippen LogP contribution in [-0.4, -0.2) is 23.7 Å². The number of hydrogen-bond acceptors (Lipinski definition) is 4. The second-order valence-corrected chi connectivity index (χ2v) is 6.84. The van der Waals surface area contributed by atoms with E-state index in [2.05, 4.69) is 5.32 Å². The maximum Gasteiger partial charge on any atom is 0.340 e. The third-order valence-electron chi connectivity index (χ3n) is 3.43. The first kappa shape index (κ1) is 20.2. The molecule has 0 fully saturated rings. The van der Waals surface area contributed by atoms with Crippen LogP contribution in [-0.2, 0) is 9.53 Å². The highest BCUT2D eigenvalue weighted by Gasteiger charge is 2.22. The van der Waals surface area contributed by atoms with Crippen LogP contribution in [0.2, 0.25) is 5.02 Å². The highest BCUT2D eigenvalue weighted by molar-refractivity contribution is 7.99. The van der Waals surface area contributed by atoms with E-state index >= 15 is 0 Å². The van der Waals surface area contributed by atoms with E-state index in [4.69, 9.17) is 16.3 Å². The third-order valence-corrected chi connectivity index (χ3v) is 4.46. The zero-order valence-electron chi connectivity index (χ0n) is 14.0. The van der Waals surface area contributed by atoms with Crippen LogP contribution in [0, 0.1) is 6.92 Å². The van der Waals surface area contributed by atoms with Gasteiger partial charge in [0.2, 0.25) is 0 Å². The first-order chi connectivity index (χ1) is 12.3. The summed E-state index contributed by atoms with van der Waals surface area (Å²) in [6.45, 7) is 3.19. The van der Waals surface area contributed by atoms with E-state index in [-0.39, 0.29) is 22.2 Å². The first-order valence-corrected chi connectivity index (χ1v) is 8.85. The molecule has 0 aliphatic carbocycles. The zero-order chi connectivity index (χ0) is 19.3. The fourth-order valence-corrected chi connectivity index (χ4v) is 2.87. The Balaban J connectivity index is 2.07. The second kappa shape index (κ2) is 9.00. The van der Waals surface area contributed by atoms with Gasteiger partial charge in [-0.15, -0.1) is 0 Å². The number of nitrogens with one attached hydrogen (secondary N) is 1. The summed E-state index contributed by atoms with van der Waals surface area (Å²) in [6.07, 6.45) is -1.12. The van der Waals surface area contributed by atoms with Crippen LogP contribution in [0.1, 0.15) is 22.8 Å². The Morgan fingerprint density at radius 1 is 1.19 bits per heavy atom. The van der Waals surface area contributed by atoms with Crippen molar-refractivity contribution in [2.24, 2.45) is 0 Å². The van der Waals surface area contributed by atoms with Crippen LogP contribution in [0.5, 0.6) is 0 Å². The lowest BCUT2D eigenvalue weighted by Gasteiger charge is -2.16. The first-order valence-electron chi connectivity index (χ1n) is 7.59. The quantitative estimate of drug-likeness (QED) is 0.539. The number of anilines is 1. The van der Waals surface area contributed by atoms with Crippen LogP contribution >= 0.6 is 23.4 Å². The van der Waals surface area contributed by atoms with Gasteiger partial charge in [-0.05, 0) is 43.7 Å². The monoisotopic (exact) mass is 399 g/mol. The van der Waals surface area contributed by atoms with Gasteiger partial charge in [-0.1, -0.05) is 41.6 Å². The molecule has 0 aromatic heterocycles. The molecule has 2 rings (SSSR count). The molecular formula is C18H16ClF2NO3S. The van der Waals surface area contributed by atoms with Crippen LogP contribution in [0.3, 0.4) is 0 Å². The Labute approximate surface area is 158 Å². The summed E-state index contributed by atoms with van der Waals surface area (Å²) in [7, 11) is 0. The second-order valence-electron chi connectivity index (χ2n) is 5.37. The minimum atomic E-state index is -2.67. The molecule has 2 aromatic rings. The number of carbonyl (C=O) groups excluding carboxylic acids is 2. The molecule has 0 aliphatic heterocycles. The molecule has 0 radical (unpaired) electrons. The van der Waals surface area contributed by atoms with Crippen molar-refractivity contribution in [3.05, 3.63) is 58.6 Å². The Kier molecular flexibility index (Phi) is 6.99. The molecule has 1 amide bonds. The summed E-state index contributed by atoms with van der Waals surface area (Å²) in [5.41, 5.74) is 1.27. The van der Waals surface area contributed by atoms with E-state index in [1.165, 1.54) is 25.1 Å². The molecule has 0 heterocycles. The van der Waals surface area contributed by atoms with Crippen molar-refractivity contribution in [2.75, 3.05) is 5.32 Å². The molecule has 26 heavy (non-hydrogen) atoms.